The van der Waals surface area contributed by atoms with Crippen LogP contribution in [0.4, 0.5) is 4.79 Å². The fourth-order valence-electron chi connectivity index (χ4n) is 1.21. The Morgan fingerprint density at radius 1 is 1.26 bits per heavy atom. The van der Waals surface area contributed by atoms with Crippen LogP contribution in [0.25, 0.3) is 0 Å². The minimum atomic E-state index is -1.19. The van der Waals surface area contributed by atoms with Gasteiger partial charge >= 0.3 is 12.0 Å². The normalized spacial score (nSPS) is 11.2. The summed E-state index contributed by atoms with van der Waals surface area (Å²) in [6, 6.07) is -0.601. The lowest BCUT2D eigenvalue weighted by molar-refractivity contribution is -0.149. The van der Waals surface area contributed by atoms with Gasteiger partial charge in [0.15, 0.2) is 0 Å². The predicted molar refractivity (Wildman–Crippen MR) is 70.7 cm³/mol. The fourth-order valence-corrected chi connectivity index (χ4v) is 1.21. The molecule has 0 atom stereocenters. The highest BCUT2D eigenvalue weighted by Crippen LogP contribution is 2.19. The first-order valence-corrected chi connectivity index (χ1v) is 6.18. The van der Waals surface area contributed by atoms with Crippen LogP contribution < -0.4 is 10.6 Å². The van der Waals surface area contributed by atoms with Crippen molar-refractivity contribution in [1.82, 2.24) is 15.5 Å². The number of carboxylic acids is 1. The molecule has 0 saturated heterocycles. The van der Waals surface area contributed by atoms with Crippen LogP contribution in [0, 0.1) is 5.41 Å². The van der Waals surface area contributed by atoms with Gasteiger partial charge in [0.2, 0.25) is 5.91 Å². The van der Waals surface area contributed by atoms with E-state index in [0.29, 0.717) is 13.1 Å². The van der Waals surface area contributed by atoms with E-state index >= 15 is 0 Å². The Bertz CT molecular complexity index is 342. The third-order valence-electron chi connectivity index (χ3n) is 2.75. The van der Waals surface area contributed by atoms with Gasteiger partial charge in [0.05, 0.1) is 5.41 Å². The van der Waals surface area contributed by atoms with E-state index in [1.165, 1.54) is 13.8 Å². The number of rotatable bonds is 7. The molecule has 0 bridgehead atoms. The van der Waals surface area contributed by atoms with Gasteiger partial charge in [-0.15, -0.1) is 0 Å². The number of carbonyl (C=O) groups is 3. The number of hydrogen-bond acceptors (Lipinski definition) is 4. The van der Waals surface area contributed by atoms with E-state index < -0.39 is 23.3 Å². The molecule has 0 fully saturated rings. The van der Waals surface area contributed by atoms with Crippen LogP contribution in [0.1, 0.15) is 27.2 Å². The zero-order valence-corrected chi connectivity index (χ0v) is 11.9. The van der Waals surface area contributed by atoms with Crippen molar-refractivity contribution >= 4 is 17.9 Å². The molecule has 0 saturated carbocycles. The summed E-state index contributed by atoms with van der Waals surface area (Å²) < 4.78 is 0. The van der Waals surface area contributed by atoms with Crippen molar-refractivity contribution in [3.05, 3.63) is 0 Å². The second-order valence-electron chi connectivity index (χ2n) is 5.07. The van der Waals surface area contributed by atoms with Crippen LogP contribution in [0.15, 0.2) is 0 Å². The van der Waals surface area contributed by atoms with Gasteiger partial charge in [-0.25, -0.2) is 4.79 Å². The average Bonchev–Trinajstić information content (AvgIpc) is 2.27. The van der Waals surface area contributed by atoms with Gasteiger partial charge in [-0.1, -0.05) is 6.92 Å². The molecule has 0 aromatic rings. The van der Waals surface area contributed by atoms with Crippen LogP contribution in [-0.2, 0) is 9.59 Å². The van der Waals surface area contributed by atoms with Crippen LogP contribution in [-0.4, -0.2) is 54.6 Å². The molecule has 7 nitrogen and oxygen atoms in total. The molecule has 3 N–H and O–H groups in total. The summed E-state index contributed by atoms with van der Waals surface area (Å²) in [4.78, 5) is 35.7. The molecule has 7 heteroatoms. The third kappa shape index (κ3) is 7.40. The van der Waals surface area contributed by atoms with Gasteiger partial charge < -0.3 is 15.3 Å². The number of carbonyl (C=O) groups excluding carboxylic acids is 2. The van der Waals surface area contributed by atoms with Gasteiger partial charge in [-0.2, -0.15) is 0 Å². The number of urea groups is 1. The van der Waals surface area contributed by atoms with Gasteiger partial charge in [-0.05, 0) is 27.4 Å². The Labute approximate surface area is 113 Å². The Morgan fingerprint density at radius 3 is 2.32 bits per heavy atom. The Balaban J connectivity index is 4.00. The number of nitrogens with one attached hydrogen (secondary N) is 2. The minimum absolute atomic E-state index is 0.245. The highest BCUT2D eigenvalue weighted by atomic mass is 16.4. The fraction of sp³-hybridized carbons (Fsp3) is 0.750. The lowest BCUT2D eigenvalue weighted by atomic mass is 9.89. The molecule has 0 aromatic heterocycles. The maximum absolute atomic E-state index is 11.5. The summed E-state index contributed by atoms with van der Waals surface area (Å²) >= 11 is 0. The summed E-state index contributed by atoms with van der Waals surface area (Å²) in [7, 11) is 1.92. The molecule has 0 aliphatic carbocycles. The molecule has 3 amide bonds. The molecule has 0 radical (unpaired) electrons. The quantitative estimate of drug-likeness (QED) is 0.618. The maximum atomic E-state index is 11.5. The zero-order valence-electron chi connectivity index (χ0n) is 11.9. The number of imide groups is 1. The van der Waals surface area contributed by atoms with Crippen molar-refractivity contribution in [2.24, 2.45) is 5.41 Å². The third-order valence-corrected chi connectivity index (χ3v) is 2.75. The van der Waals surface area contributed by atoms with Gasteiger partial charge in [0.25, 0.3) is 0 Å². The first-order chi connectivity index (χ1) is 8.69. The molecule has 19 heavy (non-hydrogen) atoms. The van der Waals surface area contributed by atoms with E-state index in [1.54, 1.807) is 0 Å². The van der Waals surface area contributed by atoms with Crippen molar-refractivity contribution < 1.29 is 19.5 Å². The van der Waals surface area contributed by atoms with Crippen molar-refractivity contribution in [2.75, 3.05) is 26.7 Å². The molecular formula is C12H23N3O4. The van der Waals surface area contributed by atoms with Crippen molar-refractivity contribution in [2.45, 2.75) is 27.2 Å². The van der Waals surface area contributed by atoms with Crippen molar-refractivity contribution in [3.8, 4) is 0 Å². The number of nitrogens with zero attached hydrogens (tertiary/aromatic N) is 1. The SMILES string of the molecule is CCN(C)CCNC(=O)NC(=O)CC(C)(C)C(=O)O. The van der Waals surface area contributed by atoms with Crippen LogP contribution in [0.2, 0.25) is 0 Å². The van der Waals surface area contributed by atoms with E-state index in [0.717, 1.165) is 6.54 Å². The predicted octanol–water partition coefficient (Wildman–Crippen LogP) is 0.265. The van der Waals surface area contributed by atoms with Gasteiger partial charge in [0, 0.05) is 19.5 Å². The summed E-state index contributed by atoms with van der Waals surface area (Å²) in [5.41, 5.74) is -1.19. The van der Waals surface area contributed by atoms with Crippen molar-refractivity contribution in [1.29, 1.82) is 0 Å². The number of aliphatic carboxylic acids is 1. The standard InChI is InChI=1S/C12H23N3O4/c1-5-15(4)7-6-13-11(19)14-9(16)8-12(2,3)10(17)18/h5-8H2,1-4H3,(H,17,18)(H2,13,14,16,19). The van der Waals surface area contributed by atoms with Crippen LogP contribution in [0.3, 0.4) is 0 Å². The molecule has 0 heterocycles. The summed E-state index contributed by atoms with van der Waals surface area (Å²) in [5, 5.41) is 13.5. The second-order valence-corrected chi connectivity index (χ2v) is 5.07. The van der Waals surface area contributed by atoms with E-state index in [1.807, 2.05) is 18.9 Å². The lowest BCUT2D eigenvalue weighted by Gasteiger charge is -2.18. The van der Waals surface area contributed by atoms with E-state index in [9.17, 15) is 14.4 Å². The topological polar surface area (TPSA) is 98.7 Å². The van der Waals surface area contributed by atoms with Crippen LogP contribution in [0.5, 0.6) is 0 Å². The van der Waals surface area contributed by atoms with Gasteiger partial charge in [-0.3, -0.25) is 14.9 Å². The molecule has 0 aromatic carbocycles. The highest BCUT2D eigenvalue weighted by molar-refractivity contribution is 5.96. The molecule has 110 valence electrons. The Morgan fingerprint density at radius 2 is 1.84 bits per heavy atom. The molecular weight excluding hydrogens is 250 g/mol. The van der Waals surface area contributed by atoms with E-state index in [4.69, 9.17) is 5.11 Å². The smallest absolute Gasteiger partial charge is 0.321 e. The average molecular weight is 273 g/mol. The highest BCUT2D eigenvalue weighted by Gasteiger charge is 2.30. The number of hydrogen-bond donors (Lipinski definition) is 3. The first kappa shape index (κ1) is 17.4. The van der Waals surface area contributed by atoms with Gasteiger partial charge in [0.1, 0.15) is 0 Å². The van der Waals surface area contributed by atoms with E-state index in [-0.39, 0.29) is 6.42 Å². The largest absolute Gasteiger partial charge is 0.481 e. The number of carboxylic acid groups (broad SMARTS) is 1. The molecule has 0 spiro atoms. The number of likely N-dealkylation sites (N-methyl/N-ethyl adjacent to an activating group) is 1. The molecule has 0 aliphatic heterocycles. The Kier molecular flexibility index (Phi) is 7.06. The zero-order chi connectivity index (χ0) is 15.1. The lowest BCUT2D eigenvalue weighted by Crippen LogP contribution is -2.44. The minimum Gasteiger partial charge on any atom is -0.481 e. The van der Waals surface area contributed by atoms with Crippen LogP contribution >= 0.6 is 0 Å². The molecule has 0 unspecified atom stereocenters. The summed E-state index contributed by atoms with van der Waals surface area (Å²) in [5.74, 6) is -1.68. The van der Waals surface area contributed by atoms with Crippen molar-refractivity contribution in [3.63, 3.8) is 0 Å². The first-order valence-electron chi connectivity index (χ1n) is 6.18. The molecule has 0 rings (SSSR count). The molecule has 0 aliphatic rings. The summed E-state index contributed by atoms with van der Waals surface area (Å²) in [6.45, 7) is 6.84. The summed E-state index contributed by atoms with van der Waals surface area (Å²) in [6.07, 6.45) is -0.245. The second kappa shape index (κ2) is 7.73. The Hall–Kier alpha value is -1.63. The number of amides is 3. The maximum Gasteiger partial charge on any atom is 0.321 e. The van der Waals surface area contributed by atoms with E-state index in [2.05, 4.69) is 10.6 Å². The monoisotopic (exact) mass is 273 g/mol.